The fourth-order valence-corrected chi connectivity index (χ4v) is 1.83. The molecule has 0 fully saturated rings. The SMILES string of the molecule is CCCOc1c(SC)cccc1B(O)O. The van der Waals surface area contributed by atoms with Crippen LogP contribution in [0.25, 0.3) is 0 Å². The van der Waals surface area contributed by atoms with Crippen molar-refractivity contribution in [3.63, 3.8) is 0 Å². The summed E-state index contributed by atoms with van der Waals surface area (Å²) in [5.74, 6) is 0.585. The second kappa shape index (κ2) is 6.05. The molecule has 5 heteroatoms. The molecule has 0 atom stereocenters. The molecular formula is C10H15BO3S. The average Bonchev–Trinajstić information content (AvgIpc) is 2.25. The van der Waals surface area contributed by atoms with Gasteiger partial charge in [-0.2, -0.15) is 0 Å². The highest BCUT2D eigenvalue weighted by Gasteiger charge is 2.19. The molecule has 0 unspecified atom stereocenters. The van der Waals surface area contributed by atoms with Crippen LogP contribution in [-0.2, 0) is 0 Å². The third kappa shape index (κ3) is 3.16. The van der Waals surface area contributed by atoms with Crippen molar-refractivity contribution in [3.8, 4) is 5.75 Å². The molecule has 1 rings (SSSR count). The molecule has 0 aromatic heterocycles. The molecule has 0 aliphatic rings. The van der Waals surface area contributed by atoms with Gasteiger partial charge in [-0.25, -0.2) is 0 Å². The number of thioether (sulfide) groups is 1. The summed E-state index contributed by atoms with van der Waals surface area (Å²) in [5, 5.41) is 18.4. The molecular weight excluding hydrogens is 211 g/mol. The Balaban J connectivity index is 3.03. The van der Waals surface area contributed by atoms with Crippen molar-refractivity contribution >= 4 is 24.3 Å². The molecule has 0 saturated heterocycles. The van der Waals surface area contributed by atoms with E-state index in [-0.39, 0.29) is 0 Å². The van der Waals surface area contributed by atoms with E-state index in [2.05, 4.69) is 0 Å². The monoisotopic (exact) mass is 226 g/mol. The predicted molar refractivity (Wildman–Crippen MR) is 63.8 cm³/mol. The van der Waals surface area contributed by atoms with E-state index in [9.17, 15) is 10.0 Å². The van der Waals surface area contributed by atoms with Gasteiger partial charge in [-0.3, -0.25) is 0 Å². The van der Waals surface area contributed by atoms with Gasteiger partial charge in [0.2, 0.25) is 0 Å². The molecule has 1 aromatic carbocycles. The number of hydrogen-bond donors (Lipinski definition) is 2. The maximum atomic E-state index is 9.19. The van der Waals surface area contributed by atoms with E-state index in [1.165, 1.54) is 11.8 Å². The van der Waals surface area contributed by atoms with E-state index in [0.717, 1.165) is 11.3 Å². The zero-order valence-electron chi connectivity index (χ0n) is 8.93. The second-order valence-electron chi connectivity index (χ2n) is 3.10. The van der Waals surface area contributed by atoms with Crippen LogP contribution in [0.3, 0.4) is 0 Å². The summed E-state index contributed by atoms with van der Waals surface area (Å²) >= 11 is 1.53. The standard InChI is InChI=1S/C10H15BO3S/c1-3-7-14-10-8(11(12)13)5-4-6-9(10)15-2/h4-6,12-13H,3,7H2,1-2H3. The van der Waals surface area contributed by atoms with Crippen molar-refractivity contribution in [1.82, 2.24) is 0 Å². The Morgan fingerprint density at radius 1 is 1.40 bits per heavy atom. The van der Waals surface area contributed by atoms with Gasteiger partial charge in [-0.1, -0.05) is 19.1 Å². The fraction of sp³-hybridized carbons (Fsp3) is 0.400. The Labute approximate surface area is 94.6 Å². The van der Waals surface area contributed by atoms with Crippen molar-refractivity contribution < 1.29 is 14.8 Å². The molecule has 82 valence electrons. The molecule has 0 radical (unpaired) electrons. The van der Waals surface area contributed by atoms with Gasteiger partial charge in [0.25, 0.3) is 0 Å². The fourth-order valence-electron chi connectivity index (χ4n) is 1.26. The van der Waals surface area contributed by atoms with Crippen molar-refractivity contribution in [2.24, 2.45) is 0 Å². The molecule has 0 aliphatic heterocycles. The first-order valence-corrected chi connectivity index (χ1v) is 6.09. The van der Waals surface area contributed by atoms with Crippen LogP contribution in [0.2, 0.25) is 0 Å². The van der Waals surface area contributed by atoms with Crippen molar-refractivity contribution in [2.45, 2.75) is 18.2 Å². The normalized spacial score (nSPS) is 10.1. The van der Waals surface area contributed by atoms with Crippen LogP contribution in [0, 0.1) is 0 Å². The van der Waals surface area contributed by atoms with Crippen LogP contribution in [0.1, 0.15) is 13.3 Å². The number of hydrogen-bond acceptors (Lipinski definition) is 4. The van der Waals surface area contributed by atoms with Crippen molar-refractivity contribution in [2.75, 3.05) is 12.9 Å². The first-order chi connectivity index (χ1) is 7.20. The second-order valence-corrected chi connectivity index (χ2v) is 3.95. The largest absolute Gasteiger partial charge is 0.493 e. The van der Waals surface area contributed by atoms with E-state index >= 15 is 0 Å². The van der Waals surface area contributed by atoms with E-state index < -0.39 is 7.12 Å². The van der Waals surface area contributed by atoms with Crippen LogP contribution in [-0.4, -0.2) is 30.0 Å². The summed E-state index contributed by atoms with van der Waals surface area (Å²) < 4.78 is 5.53. The van der Waals surface area contributed by atoms with Gasteiger partial charge < -0.3 is 14.8 Å². The summed E-state index contributed by atoms with van der Waals surface area (Å²) in [5.41, 5.74) is 0.426. The van der Waals surface area contributed by atoms with Crippen LogP contribution < -0.4 is 10.2 Å². The van der Waals surface area contributed by atoms with Gasteiger partial charge in [0.15, 0.2) is 0 Å². The molecule has 2 N–H and O–H groups in total. The highest BCUT2D eigenvalue weighted by Crippen LogP contribution is 2.25. The molecule has 3 nitrogen and oxygen atoms in total. The Morgan fingerprint density at radius 3 is 2.67 bits per heavy atom. The van der Waals surface area contributed by atoms with Gasteiger partial charge in [-0.05, 0) is 18.7 Å². The molecule has 0 saturated carbocycles. The van der Waals surface area contributed by atoms with Crippen molar-refractivity contribution in [1.29, 1.82) is 0 Å². The lowest BCUT2D eigenvalue weighted by atomic mass is 9.79. The Kier molecular flexibility index (Phi) is 5.01. The third-order valence-corrected chi connectivity index (χ3v) is 2.72. The Bertz CT molecular complexity index is 318. The quantitative estimate of drug-likeness (QED) is 0.578. The Hall–Kier alpha value is -0.645. The zero-order chi connectivity index (χ0) is 11.3. The molecule has 15 heavy (non-hydrogen) atoms. The molecule has 1 aromatic rings. The number of para-hydroxylation sites is 1. The van der Waals surface area contributed by atoms with Gasteiger partial charge >= 0.3 is 7.12 Å². The van der Waals surface area contributed by atoms with E-state index in [1.54, 1.807) is 12.1 Å². The summed E-state index contributed by atoms with van der Waals surface area (Å²) in [6.45, 7) is 2.59. The van der Waals surface area contributed by atoms with Crippen LogP contribution in [0.15, 0.2) is 23.1 Å². The first-order valence-electron chi connectivity index (χ1n) is 4.86. The zero-order valence-corrected chi connectivity index (χ0v) is 9.75. The molecule has 0 heterocycles. The lowest BCUT2D eigenvalue weighted by Crippen LogP contribution is -2.31. The lowest BCUT2D eigenvalue weighted by molar-refractivity contribution is 0.310. The third-order valence-electron chi connectivity index (χ3n) is 1.96. The predicted octanol–water partition coefficient (Wildman–Crippen LogP) is 0.877. The summed E-state index contributed by atoms with van der Waals surface area (Å²) in [4.78, 5) is 0.925. The lowest BCUT2D eigenvalue weighted by Gasteiger charge is -2.13. The van der Waals surface area contributed by atoms with Crippen LogP contribution >= 0.6 is 11.8 Å². The summed E-state index contributed by atoms with van der Waals surface area (Å²) in [7, 11) is -1.48. The smallest absolute Gasteiger partial charge is 0.492 e. The average molecular weight is 226 g/mol. The molecule has 0 bridgehead atoms. The number of rotatable bonds is 5. The minimum absolute atomic E-state index is 0.426. The number of benzene rings is 1. The maximum absolute atomic E-state index is 9.19. The first kappa shape index (κ1) is 12.4. The minimum Gasteiger partial charge on any atom is -0.493 e. The summed E-state index contributed by atoms with van der Waals surface area (Å²) in [6, 6.07) is 5.36. The highest BCUT2D eigenvalue weighted by atomic mass is 32.2. The van der Waals surface area contributed by atoms with Crippen molar-refractivity contribution in [3.05, 3.63) is 18.2 Å². The van der Waals surface area contributed by atoms with Gasteiger partial charge in [0.05, 0.1) is 6.61 Å². The summed E-state index contributed by atoms with van der Waals surface area (Å²) in [6.07, 6.45) is 2.82. The van der Waals surface area contributed by atoms with Gasteiger partial charge in [0.1, 0.15) is 5.75 Å². The van der Waals surface area contributed by atoms with E-state index in [4.69, 9.17) is 4.74 Å². The van der Waals surface area contributed by atoms with Gasteiger partial charge in [0, 0.05) is 10.4 Å². The molecule has 0 aliphatic carbocycles. The molecule has 0 spiro atoms. The Morgan fingerprint density at radius 2 is 2.13 bits per heavy atom. The van der Waals surface area contributed by atoms with Gasteiger partial charge in [-0.15, -0.1) is 11.8 Å². The van der Waals surface area contributed by atoms with E-state index in [1.807, 2.05) is 19.2 Å². The topological polar surface area (TPSA) is 49.7 Å². The highest BCUT2D eigenvalue weighted by molar-refractivity contribution is 7.98. The number of ether oxygens (including phenoxy) is 1. The maximum Gasteiger partial charge on any atom is 0.492 e. The molecule has 0 amide bonds. The van der Waals surface area contributed by atoms with Crippen LogP contribution in [0.5, 0.6) is 5.75 Å². The van der Waals surface area contributed by atoms with E-state index in [0.29, 0.717) is 17.8 Å². The minimum atomic E-state index is -1.48. The van der Waals surface area contributed by atoms with Crippen LogP contribution in [0.4, 0.5) is 0 Å².